The molecule has 0 bridgehead atoms. The third-order valence-corrected chi connectivity index (χ3v) is 5.47. The molecule has 1 amide bonds. The summed E-state index contributed by atoms with van der Waals surface area (Å²) in [6.07, 6.45) is 3.95. The summed E-state index contributed by atoms with van der Waals surface area (Å²) in [6.45, 7) is 0. The lowest BCUT2D eigenvalue weighted by molar-refractivity contribution is -0.123. The SMILES string of the molecule is O=C(NC1CCc2ccccc2C1)C1CC1c1ccccc1Cl. The molecule has 0 aromatic heterocycles. The van der Waals surface area contributed by atoms with E-state index < -0.39 is 0 Å². The van der Waals surface area contributed by atoms with Crippen molar-refractivity contribution in [1.29, 1.82) is 0 Å². The van der Waals surface area contributed by atoms with Crippen LogP contribution in [0.15, 0.2) is 48.5 Å². The molecule has 118 valence electrons. The van der Waals surface area contributed by atoms with Gasteiger partial charge in [0.1, 0.15) is 0 Å². The second-order valence-electron chi connectivity index (χ2n) is 6.69. The number of carbonyl (C=O) groups is 1. The van der Waals surface area contributed by atoms with Crippen LogP contribution in [0.1, 0.15) is 35.4 Å². The predicted octanol–water partition coefficient (Wildman–Crippen LogP) is 4.12. The van der Waals surface area contributed by atoms with Gasteiger partial charge in [-0.15, -0.1) is 0 Å². The maximum absolute atomic E-state index is 12.5. The zero-order valence-corrected chi connectivity index (χ0v) is 13.7. The monoisotopic (exact) mass is 325 g/mol. The van der Waals surface area contributed by atoms with Crippen molar-refractivity contribution in [3.63, 3.8) is 0 Å². The summed E-state index contributed by atoms with van der Waals surface area (Å²) in [5.74, 6) is 0.575. The summed E-state index contributed by atoms with van der Waals surface area (Å²) in [5.41, 5.74) is 3.92. The molecule has 3 heteroatoms. The number of benzene rings is 2. The predicted molar refractivity (Wildman–Crippen MR) is 92.7 cm³/mol. The van der Waals surface area contributed by atoms with Crippen LogP contribution in [-0.2, 0) is 17.6 Å². The van der Waals surface area contributed by atoms with Gasteiger partial charge >= 0.3 is 0 Å². The fourth-order valence-corrected chi connectivity index (χ4v) is 4.01. The molecule has 4 rings (SSSR count). The number of amides is 1. The van der Waals surface area contributed by atoms with E-state index in [1.54, 1.807) is 0 Å². The molecular weight excluding hydrogens is 306 g/mol. The molecule has 23 heavy (non-hydrogen) atoms. The van der Waals surface area contributed by atoms with E-state index in [9.17, 15) is 4.79 Å². The van der Waals surface area contributed by atoms with E-state index in [4.69, 9.17) is 11.6 Å². The van der Waals surface area contributed by atoms with Crippen LogP contribution in [0.4, 0.5) is 0 Å². The summed E-state index contributed by atoms with van der Waals surface area (Å²) in [4.78, 5) is 12.5. The third-order valence-electron chi connectivity index (χ3n) is 5.13. The minimum absolute atomic E-state index is 0.0899. The van der Waals surface area contributed by atoms with Crippen molar-refractivity contribution in [2.45, 2.75) is 37.6 Å². The van der Waals surface area contributed by atoms with Crippen molar-refractivity contribution in [3.8, 4) is 0 Å². The van der Waals surface area contributed by atoms with Gasteiger partial charge in [-0.2, -0.15) is 0 Å². The van der Waals surface area contributed by atoms with E-state index in [0.717, 1.165) is 36.3 Å². The Hall–Kier alpha value is -1.80. The molecule has 3 atom stereocenters. The number of aryl methyl sites for hydroxylation is 1. The Kier molecular flexibility index (Phi) is 3.86. The summed E-state index contributed by atoms with van der Waals surface area (Å²) < 4.78 is 0. The van der Waals surface area contributed by atoms with Crippen LogP contribution >= 0.6 is 11.6 Å². The van der Waals surface area contributed by atoms with Gasteiger partial charge in [0.15, 0.2) is 0 Å². The molecule has 1 N–H and O–H groups in total. The zero-order valence-electron chi connectivity index (χ0n) is 13.0. The Morgan fingerprint density at radius 1 is 1.04 bits per heavy atom. The smallest absolute Gasteiger partial charge is 0.223 e. The van der Waals surface area contributed by atoms with Gasteiger partial charge in [-0.25, -0.2) is 0 Å². The highest BCUT2D eigenvalue weighted by Gasteiger charge is 2.45. The third kappa shape index (κ3) is 3.00. The average molecular weight is 326 g/mol. The molecule has 0 spiro atoms. The fraction of sp³-hybridized carbons (Fsp3) is 0.350. The molecule has 0 heterocycles. The summed E-state index contributed by atoms with van der Waals surface area (Å²) in [6, 6.07) is 16.7. The molecule has 2 aromatic rings. The highest BCUT2D eigenvalue weighted by atomic mass is 35.5. The van der Waals surface area contributed by atoms with Gasteiger partial charge in [-0.05, 0) is 54.4 Å². The van der Waals surface area contributed by atoms with Gasteiger partial charge in [0.2, 0.25) is 5.91 Å². The Labute approximate surface area is 141 Å². The Morgan fingerprint density at radius 3 is 2.61 bits per heavy atom. The minimum atomic E-state index is 0.0899. The zero-order chi connectivity index (χ0) is 15.8. The topological polar surface area (TPSA) is 29.1 Å². The Balaban J connectivity index is 1.38. The molecule has 0 aliphatic heterocycles. The van der Waals surface area contributed by atoms with Gasteiger partial charge in [-0.1, -0.05) is 54.1 Å². The number of nitrogens with one attached hydrogen (secondary N) is 1. The van der Waals surface area contributed by atoms with E-state index in [2.05, 4.69) is 29.6 Å². The molecule has 2 aromatic carbocycles. The van der Waals surface area contributed by atoms with Gasteiger partial charge in [0.05, 0.1) is 0 Å². The largest absolute Gasteiger partial charge is 0.353 e. The van der Waals surface area contributed by atoms with E-state index in [1.807, 2.05) is 24.3 Å². The van der Waals surface area contributed by atoms with Crippen molar-refractivity contribution < 1.29 is 4.79 Å². The maximum Gasteiger partial charge on any atom is 0.223 e. The number of halogens is 1. The lowest BCUT2D eigenvalue weighted by Crippen LogP contribution is -2.39. The van der Waals surface area contributed by atoms with Crippen LogP contribution in [0.5, 0.6) is 0 Å². The van der Waals surface area contributed by atoms with Crippen molar-refractivity contribution in [1.82, 2.24) is 5.32 Å². The molecule has 2 aliphatic rings. The van der Waals surface area contributed by atoms with Crippen LogP contribution in [0.25, 0.3) is 0 Å². The summed E-state index contributed by atoms with van der Waals surface area (Å²) >= 11 is 6.25. The second kappa shape index (κ2) is 6.01. The lowest BCUT2D eigenvalue weighted by atomic mass is 9.88. The summed E-state index contributed by atoms with van der Waals surface area (Å²) in [5, 5.41) is 4.04. The van der Waals surface area contributed by atoms with E-state index in [1.165, 1.54) is 11.1 Å². The highest BCUT2D eigenvalue weighted by Crippen LogP contribution is 2.49. The van der Waals surface area contributed by atoms with Gasteiger partial charge < -0.3 is 5.32 Å². The van der Waals surface area contributed by atoms with Crippen LogP contribution in [0.2, 0.25) is 5.02 Å². The normalized spacial score (nSPS) is 25.5. The Morgan fingerprint density at radius 2 is 1.78 bits per heavy atom. The van der Waals surface area contributed by atoms with E-state index >= 15 is 0 Å². The minimum Gasteiger partial charge on any atom is -0.353 e. The van der Waals surface area contributed by atoms with Crippen LogP contribution in [-0.4, -0.2) is 11.9 Å². The van der Waals surface area contributed by atoms with Crippen LogP contribution in [0.3, 0.4) is 0 Å². The standard InChI is InChI=1S/C20H20ClNO/c21-19-8-4-3-7-16(19)17-12-18(17)20(23)22-15-10-9-13-5-1-2-6-14(13)11-15/h1-8,15,17-18H,9-12H2,(H,22,23). The van der Waals surface area contributed by atoms with Crippen LogP contribution < -0.4 is 5.32 Å². The first-order valence-corrected chi connectivity index (χ1v) is 8.72. The van der Waals surface area contributed by atoms with Gasteiger partial charge in [0, 0.05) is 17.0 Å². The highest BCUT2D eigenvalue weighted by molar-refractivity contribution is 6.31. The van der Waals surface area contributed by atoms with Crippen molar-refractivity contribution >= 4 is 17.5 Å². The molecule has 0 radical (unpaired) electrons. The molecule has 1 fully saturated rings. The molecular formula is C20H20ClNO. The van der Waals surface area contributed by atoms with E-state index in [-0.39, 0.29) is 17.9 Å². The number of rotatable bonds is 3. The molecule has 0 saturated heterocycles. The number of fused-ring (bicyclic) bond motifs is 1. The molecule has 1 saturated carbocycles. The first-order chi connectivity index (χ1) is 11.2. The van der Waals surface area contributed by atoms with Crippen molar-refractivity contribution in [2.24, 2.45) is 5.92 Å². The number of carbonyl (C=O) groups excluding carboxylic acids is 1. The van der Waals surface area contributed by atoms with Crippen molar-refractivity contribution in [2.75, 3.05) is 0 Å². The van der Waals surface area contributed by atoms with E-state index in [0.29, 0.717) is 5.92 Å². The second-order valence-corrected chi connectivity index (χ2v) is 7.09. The maximum atomic E-state index is 12.5. The number of hydrogen-bond acceptors (Lipinski definition) is 1. The van der Waals surface area contributed by atoms with Gasteiger partial charge in [0.25, 0.3) is 0 Å². The first kappa shape index (κ1) is 14.8. The summed E-state index contributed by atoms with van der Waals surface area (Å²) in [7, 11) is 0. The average Bonchev–Trinajstić information content (AvgIpc) is 3.36. The first-order valence-electron chi connectivity index (χ1n) is 8.34. The molecule has 3 unspecified atom stereocenters. The molecule has 2 nitrogen and oxygen atoms in total. The molecule has 2 aliphatic carbocycles. The lowest BCUT2D eigenvalue weighted by Gasteiger charge is -2.25. The fourth-order valence-electron chi connectivity index (χ4n) is 3.73. The Bertz CT molecular complexity index is 742. The van der Waals surface area contributed by atoms with Crippen LogP contribution in [0, 0.1) is 5.92 Å². The quantitative estimate of drug-likeness (QED) is 0.903. The van der Waals surface area contributed by atoms with Crippen molar-refractivity contribution in [3.05, 3.63) is 70.2 Å². The van der Waals surface area contributed by atoms with Gasteiger partial charge in [-0.3, -0.25) is 4.79 Å². The number of hydrogen-bond donors (Lipinski definition) is 1.